The van der Waals surface area contributed by atoms with Gasteiger partial charge < -0.3 is 25.6 Å². The van der Waals surface area contributed by atoms with E-state index >= 15 is 0 Å². The van der Waals surface area contributed by atoms with Crippen LogP contribution in [0.15, 0.2) is 6.20 Å². The van der Waals surface area contributed by atoms with E-state index < -0.39 is 11.5 Å². The molecule has 8 nitrogen and oxygen atoms in total. The van der Waals surface area contributed by atoms with Crippen molar-refractivity contribution in [2.24, 2.45) is 0 Å². The highest BCUT2D eigenvalue weighted by Crippen LogP contribution is 2.39. The van der Waals surface area contributed by atoms with E-state index in [1.807, 2.05) is 0 Å². The Morgan fingerprint density at radius 3 is 2.57 bits per heavy atom. The predicted octanol–water partition coefficient (Wildman–Crippen LogP) is 0.102. The highest BCUT2D eigenvalue weighted by atomic mass is 16.4. The molecule has 2 heterocycles. The summed E-state index contributed by atoms with van der Waals surface area (Å²) in [6, 6.07) is -0.107. The summed E-state index contributed by atoms with van der Waals surface area (Å²) in [5.41, 5.74) is -0.497. The fraction of sp³-hybridized carbons (Fsp3) is 0.615. The molecule has 2 amide bonds. The van der Waals surface area contributed by atoms with Gasteiger partial charge in [0.15, 0.2) is 0 Å². The van der Waals surface area contributed by atoms with Crippen molar-refractivity contribution in [3.63, 3.8) is 0 Å². The van der Waals surface area contributed by atoms with Crippen LogP contribution < -0.4 is 10.6 Å². The first-order valence-electron chi connectivity index (χ1n) is 7.17. The number of aromatic nitrogens is 2. The number of aromatic amines is 1. The first-order valence-corrected chi connectivity index (χ1v) is 7.17. The van der Waals surface area contributed by atoms with Crippen LogP contribution in [0.1, 0.15) is 35.6 Å². The third-order valence-electron chi connectivity index (χ3n) is 4.22. The summed E-state index contributed by atoms with van der Waals surface area (Å²) < 4.78 is 0. The summed E-state index contributed by atoms with van der Waals surface area (Å²) in [5.74, 6) is -0.508. The van der Waals surface area contributed by atoms with Crippen LogP contribution in [-0.2, 0) is 5.54 Å². The summed E-state index contributed by atoms with van der Waals surface area (Å²) in [7, 11) is 0. The van der Waals surface area contributed by atoms with Gasteiger partial charge >= 0.3 is 12.0 Å². The number of carbonyl (C=O) groups is 2. The quantitative estimate of drug-likeness (QED) is 0.632. The molecule has 3 rings (SSSR count). The number of nitrogens with zero attached hydrogens (tertiary/aromatic N) is 2. The molecular formula is C13H19N5O3. The maximum atomic E-state index is 12.3. The lowest BCUT2D eigenvalue weighted by Gasteiger charge is -2.42. The molecule has 1 aromatic heterocycles. The summed E-state index contributed by atoms with van der Waals surface area (Å²) in [4.78, 5) is 32.0. The van der Waals surface area contributed by atoms with E-state index in [1.54, 1.807) is 4.90 Å². The minimum Gasteiger partial charge on any atom is -0.477 e. The number of carboxylic acid groups (broad SMARTS) is 1. The minimum atomic E-state index is -1.04. The Bertz CT molecular complexity index is 546. The molecule has 2 aliphatic rings. The van der Waals surface area contributed by atoms with Gasteiger partial charge in [0, 0.05) is 26.2 Å². The van der Waals surface area contributed by atoms with Gasteiger partial charge in [-0.3, -0.25) is 0 Å². The zero-order chi connectivity index (χ0) is 14.9. The van der Waals surface area contributed by atoms with Crippen LogP contribution >= 0.6 is 0 Å². The van der Waals surface area contributed by atoms with Gasteiger partial charge in [0.05, 0.1) is 11.7 Å². The molecule has 0 bridgehead atoms. The molecule has 0 unspecified atom stereocenters. The van der Waals surface area contributed by atoms with Crippen molar-refractivity contribution in [1.82, 2.24) is 25.5 Å². The van der Waals surface area contributed by atoms with Crippen LogP contribution in [0.25, 0.3) is 0 Å². The number of carboxylic acids is 1. The smallest absolute Gasteiger partial charge is 0.353 e. The van der Waals surface area contributed by atoms with Crippen LogP contribution in [0.2, 0.25) is 0 Å². The number of rotatable bonds is 3. The van der Waals surface area contributed by atoms with E-state index in [-0.39, 0.29) is 11.7 Å². The van der Waals surface area contributed by atoms with Gasteiger partial charge in [-0.1, -0.05) is 0 Å². The second kappa shape index (κ2) is 5.36. The molecule has 114 valence electrons. The van der Waals surface area contributed by atoms with Gasteiger partial charge in [0.1, 0.15) is 11.5 Å². The molecule has 21 heavy (non-hydrogen) atoms. The van der Waals surface area contributed by atoms with E-state index in [0.29, 0.717) is 18.9 Å². The van der Waals surface area contributed by atoms with Gasteiger partial charge in [-0.2, -0.15) is 0 Å². The average Bonchev–Trinajstić information content (AvgIpc) is 2.93. The van der Waals surface area contributed by atoms with Crippen LogP contribution in [0.5, 0.6) is 0 Å². The zero-order valence-corrected chi connectivity index (χ0v) is 11.7. The number of piperazine rings is 1. The molecule has 0 spiro atoms. The van der Waals surface area contributed by atoms with Crippen molar-refractivity contribution in [2.45, 2.75) is 24.8 Å². The lowest BCUT2D eigenvalue weighted by molar-refractivity contribution is 0.0690. The first kappa shape index (κ1) is 13.9. The average molecular weight is 293 g/mol. The monoisotopic (exact) mass is 293 g/mol. The standard InChI is InChI=1S/C13H19N5O3/c19-10(20)9-8-15-11(16-9)13(2-1-3-13)17-12(21)18-6-4-14-5-7-18/h8,14H,1-7H2,(H,15,16)(H,17,21)(H,19,20). The Hall–Kier alpha value is -2.09. The molecular weight excluding hydrogens is 274 g/mol. The molecule has 0 aromatic carbocycles. The molecule has 0 atom stereocenters. The van der Waals surface area contributed by atoms with Gasteiger partial charge in [0.2, 0.25) is 0 Å². The van der Waals surface area contributed by atoms with Gasteiger partial charge in [-0.15, -0.1) is 0 Å². The SMILES string of the molecule is O=C(O)c1cnc(C2(NC(=O)N3CCNCC3)CCC2)[nH]1. The van der Waals surface area contributed by atoms with Crippen molar-refractivity contribution in [2.75, 3.05) is 26.2 Å². The topological polar surface area (TPSA) is 110 Å². The van der Waals surface area contributed by atoms with Crippen molar-refractivity contribution < 1.29 is 14.7 Å². The zero-order valence-electron chi connectivity index (χ0n) is 11.7. The van der Waals surface area contributed by atoms with Crippen LogP contribution in [0.3, 0.4) is 0 Å². The number of imidazole rings is 1. The molecule has 4 N–H and O–H groups in total. The molecule has 1 aliphatic heterocycles. The molecule has 1 aromatic rings. The van der Waals surface area contributed by atoms with E-state index in [2.05, 4.69) is 20.6 Å². The van der Waals surface area contributed by atoms with Gasteiger partial charge in [-0.25, -0.2) is 14.6 Å². The Morgan fingerprint density at radius 2 is 2.05 bits per heavy atom. The summed E-state index contributed by atoms with van der Waals surface area (Å²) in [6.07, 6.45) is 3.84. The third-order valence-corrected chi connectivity index (χ3v) is 4.22. The fourth-order valence-electron chi connectivity index (χ4n) is 2.78. The maximum Gasteiger partial charge on any atom is 0.353 e. The van der Waals surface area contributed by atoms with E-state index in [9.17, 15) is 9.59 Å². The second-order valence-corrected chi connectivity index (χ2v) is 5.55. The minimum absolute atomic E-state index is 0.0488. The van der Waals surface area contributed by atoms with Crippen LogP contribution in [0, 0.1) is 0 Å². The number of H-pyrrole nitrogens is 1. The Morgan fingerprint density at radius 1 is 1.33 bits per heavy atom. The number of aromatic carboxylic acids is 1. The summed E-state index contributed by atoms with van der Waals surface area (Å²) >= 11 is 0. The van der Waals surface area contributed by atoms with Gasteiger partial charge in [-0.05, 0) is 19.3 Å². The molecule has 0 radical (unpaired) electrons. The first-order chi connectivity index (χ1) is 10.1. The third kappa shape index (κ3) is 2.58. The lowest BCUT2D eigenvalue weighted by atomic mass is 9.76. The normalized spacial score (nSPS) is 20.7. The molecule has 1 saturated carbocycles. The lowest BCUT2D eigenvalue weighted by Crippen LogP contribution is -2.58. The largest absolute Gasteiger partial charge is 0.477 e. The van der Waals surface area contributed by atoms with E-state index in [0.717, 1.165) is 32.4 Å². The molecule has 8 heteroatoms. The van der Waals surface area contributed by atoms with Crippen molar-refractivity contribution >= 4 is 12.0 Å². The second-order valence-electron chi connectivity index (χ2n) is 5.55. The van der Waals surface area contributed by atoms with Crippen molar-refractivity contribution in [3.05, 3.63) is 17.7 Å². The number of nitrogens with one attached hydrogen (secondary N) is 3. The highest BCUT2D eigenvalue weighted by Gasteiger charge is 2.43. The molecule has 2 fully saturated rings. The predicted molar refractivity (Wildman–Crippen MR) is 74.1 cm³/mol. The van der Waals surface area contributed by atoms with Crippen LogP contribution in [-0.4, -0.2) is 58.2 Å². The Balaban J connectivity index is 1.73. The van der Waals surface area contributed by atoms with Crippen molar-refractivity contribution in [1.29, 1.82) is 0 Å². The highest BCUT2D eigenvalue weighted by molar-refractivity contribution is 5.85. The number of hydrogen-bond acceptors (Lipinski definition) is 4. The fourth-order valence-corrected chi connectivity index (χ4v) is 2.78. The summed E-state index contributed by atoms with van der Waals surface area (Å²) in [6.45, 7) is 2.95. The van der Waals surface area contributed by atoms with E-state index in [1.165, 1.54) is 6.20 Å². The molecule has 1 saturated heterocycles. The Labute approximate surface area is 121 Å². The van der Waals surface area contributed by atoms with E-state index in [4.69, 9.17) is 5.11 Å². The number of hydrogen-bond donors (Lipinski definition) is 4. The molecule has 1 aliphatic carbocycles. The summed E-state index contributed by atoms with van der Waals surface area (Å²) in [5, 5.41) is 15.2. The number of amides is 2. The van der Waals surface area contributed by atoms with Gasteiger partial charge in [0.25, 0.3) is 0 Å². The number of carbonyl (C=O) groups excluding carboxylic acids is 1. The maximum absolute atomic E-state index is 12.3. The number of urea groups is 1. The van der Waals surface area contributed by atoms with Crippen molar-refractivity contribution in [3.8, 4) is 0 Å². The van der Waals surface area contributed by atoms with Crippen LogP contribution in [0.4, 0.5) is 4.79 Å². The Kier molecular flexibility index (Phi) is 3.54.